The molecule has 0 bridgehead atoms. The molecule has 1 amide bonds. The highest BCUT2D eigenvalue weighted by Crippen LogP contribution is 2.37. The number of nitrogens with zero attached hydrogens (tertiary/aromatic N) is 1. The predicted octanol–water partition coefficient (Wildman–Crippen LogP) is 3.70. The second kappa shape index (κ2) is 11.5. The lowest BCUT2D eigenvalue weighted by molar-refractivity contribution is -0.00813. The van der Waals surface area contributed by atoms with Crippen molar-refractivity contribution in [1.29, 1.82) is 0 Å². The van der Waals surface area contributed by atoms with Crippen molar-refractivity contribution in [2.24, 2.45) is 0 Å². The van der Waals surface area contributed by atoms with E-state index in [2.05, 4.69) is 4.72 Å². The molecular formula is C28H30N2O8S. The predicted molar refractivity (Wildman–Crippen MR) is 146 cm³/mol. The van der Waals surface area contributed by atoms with Gasteiger partial charge in [-0.3, -0.25) is 9.52 Å². The molecule has 0 aliphatic carbocycles. The molecule has 1 N–H and O–H groups in total. The largest absolute Gasteiger partial charge is 0.486 e. The standard InChI is InChI=1S/C28H30N2O8S/c1-34-11-12-35-18-38-25-8-5-22(17-24(25)29-39(2,32)33)30-10-9-21-15-19(3-6-23(21)28(30)31)20-4-7-26-27(16-20)37-14-13-36-26/h3-8,15-17,29H,9-14,18H2,1-2H3. The summed E-state index contributed by atoms with van der Waals surface area (Å²) >= 11 is 0. The maximum absolute atomic E-state index is 13.5. The molecule has 0 fully saturated rings. The zero-order valence-electron chi connectivity index (χ0n) is 21.8. The summed E-state index contributed by atoms with van der Waals surface area (Å²) in [6.07, 6.45) is 1.69. The van der Waals surface area contributed by atoms with Crippen LogP contribution < -0.4 is 23.8 Å². The second-order valence-corrected chi connectivity index (χ2v) is 10.9. The molecule has 0 saturated carbocycles. The first-order chi connectivity index (χ1) is 18.8. The number of rotatable bonds is 10. The number of anilines is 2. The SMILES string of the molecule is COCCOCOc1ccc(N2CCc3cc(-c4ccc5c(c4)OCCO5)ccc3C2=O)cc1NS(C)(=O)=O. The van der Waals surface area contributed by atoms with Gasteiger partial charge in [0.2, 0.25) is 10.0 Å². The Morgan fingerprint density at radius 1 is 0.949 bits per heavy atom. The van der Waals surface area contributed by atoms with Crippen molar-refractivity contribution in [2.75, 3.05) is 62.8 Å². The van der Waals surface area contributed by atoms with E-state index >= 15 is 0 Å². The van der Waals surface area contributed by atoms with Crippen LogP contribution in [0.1, 0.15) is 15.9 Å². The number of carbonyl (C=O) groups excluding carboxylic acids is 1. The van der Waals surface area contributed by atoms with Gasteiger partial charge in [-0.05, 0) is 59.5 Å². The summed E-state index contributed by atoms with van der Waals surface area (Å²) in [6.45, 7) is 2.16. The average Bonchev–Trinajstić information content (AvgIpc) is 2.92. The van der Waals surface area contributed by atoms with Crippen LogP contribution in [0.3, 0.4) is 0 Å². The van der Waals surface area contributed by atoms with Crippen LogP contribution in [0.5, 0.6) is 17.2 Å². The fourth-order valence-electron chi connectivity index (χ4n) is 4.53. The van der Waals surface area contributed by atoms with Gasteiger partial charge < -0.3 is 28.6 Å². The van der Waals surface area contributed by atoms with Gasteiger partial charge >= 0.3 is 0 Å². The number of methoxy groups -OCH3 is 1. The zero-order valence-corrected chi connectivity index (χ0v) is 22.6. The van der Waals surface area contributed by atoms with Crippen molar-refractivity contribution >= 4 is 27.3 Å². The number of hydrogen-bond acceptors (Lipinski definition) is 8. The Balaban J connectivity index is 1.36. The van der Waals surface area contributed by atoms with Gasteiger partial charge in [0.05, 0.1) is 25.2 Å². The number of nitrogens with one attached hydrogen (secondary N) is 1. The molecule has 5 rings (SSSR count). The van der Waals surface area contributed by atoms with E-state index in [-0.39, 0.29) is 24.1 Å². The summed E-state index contributed by atoms with van der Waals surface area (Å²) in [6, 6.07) is 16.6. The van der Waals surface area contributed by atoms with E-state index in [4.69, 9.17) is 23.7 Å². The first-order valence-corrected chi connectivity index (χ1v) is 14.4. The Bertz CT molecular complexity index is 1470. The molecule has 2 aliphatic rings. The topological polar surface area (TPSA) is 113 Å². The van der Waals surface area contributed by atoms with Crippen molar-refractivity contribution in [3.05, 3.63) is 65.7 Å². The molecule has 0 atom stereocenters. The lowest BCUT2D eigenvalue weighted by Crippen LogP contribution is -2.37. The van der Waals surface area contributed by atoms with Crippen LogP contribution in [-0.2, 0) is 25.9 Å². The van der Waals surface area contributed by atoms with E-state index in [1.54, 1.807) is 30.2 Å². The highest BCUT2D eigenvalue weighted by Gasteiger charge is 2.27. The van der Waals surface area contributed by atoms with Crippen molar-refractivity contribution in [1.82, 2.24) is 0 Å². The summed E-state index contributed by atoms with van der Waals surface area (Å²) in [7, 11) is -2.03. The van der Waals surface area contributed by atoms with Crippen LogP contribution in [0.2, 0.25) is 0 Å². The smallest absolute Gasteiger partial charge is 0.258 e. The van der Waals surface area contributed by atoms with Gasteiger partial charge in [-0.1, -0.05) is 18.2 Å². The van der Waals surface area contributed by atoms with Crippen molar-refractivity contribution in [2.45, 2.75) is 6.42 Å². The molecule has 206 valence electrons. The highest BCUT2D eigenvalue weighted by atomic mass is 32.2. The third-order valence-electron chi connectivity index (χ3n) is 6.36. The minimum atomic E-state index is -3.60. The van der Waals surface area contributed by atoms with Gasteiger partial charge in [0.1, 0.15) is 19.0 Å². The highest BCUT2D eigenvalue weighted by molar-refractivity contribution is 7.92. The lowest BCUT2D eigenvalue weighted by atomic mass is 9.93. The van der Waals surface area contributed by atoms with Crippen LogP contribution in [-0.4, -0.2) is 67.5 Å². The zero-order chi connectivity index (χ0) is 27.4. The van der Waals surface area contributed by atoms with Crippen molar-refractivity contribution in [3.8, 4) is 28.4 Å². The number of ether oxygens (including phenoxy) is 5. The second-order valence-electron chi connectivity index (χ2n) is 9.16. The monoisotopic (exact) mass is 554 g/mol. The van der Waals surface area contributed by atoms with E-state index in [9.17, 15) is 13.2 Å². The summed E-state index contributed by atoms with van der Waals surface area (Å²) in [5.41, 5.74) is 4.30. The summed E-state index contributed by atoms with van der Waals surface area (Å²) in [5.74, 6) is 1.57. The van der Waals surface area contributed by atoms with Gasteiger partial charge in [0.25, 0.3) is 5.91 Å². The average molecular weight is 555 g/mol. The van der Waals surface area contributed by atoms with Gasteiger partial charge in [-0.15, -0.1) is 0 Å². The molecule has 2 aliphatic heterocycles. The van der Waals surface area contributed by atoms with Crippen molar-refractivity contribution in [3.63, 3.8) is 0 Å². The quantitative estimate of drug-likeness (QED) is 0.298. The Hall–Kier alpha value is -3.80. The maximum atomic E-state index is 13.5. The number of sulfonamides is 1. The van der Waals surface area contributed by atoms with Gasteiger partial charge in [-0.25, -0.2) is 8.42 Å². The Morgan fingerprint density at radius 3 is 2.51 bits per heavy atom. The molecule has 0 radical (unpaired) electrons. The molecule has 0 aromatic heterocycles. The lowest BCUT2D eigenvalue weighted by Gasteiger charge is -2.29. The summed E-state index contributed by atoms with van der Waals surface area (Å²) in [5, 5.41) is 0. The Kier molecular flexibility index (Phi) is 7.92. The third-order valence-corrected chi connectivity index (χ3v) is 6.95. The van der Waals surface area contributed by atoms with Crippen molar-refractivity contribution < 1.29 is 36.9 Å². The Labute approximate surface area is 227 Å². The molecule has 0 saturated heterocycles. The molecule has 10 nitrogen and oxygen atoms in total. The number of benzene rings is 3. The molecule has 0 unspecified atom stereocenters. The molecule has 3 aromatic rings. The van der Waals surface area contributed by atoms with E-state index in [1.807, 2.05) is 36.4 Å². The van der Waals surface area contributed by atoms with Crippen LogP contribution >= 0.6 is 0 Å². The fourth-order valence-corrected chi connectivity index (χ4v) is 5.09. The van der Waals surface area contributed by atoms with E-state index in [0.29, 0.717) is 56.4 Å². The minimum Gasteiger partial charge on any atom is -0.486 e. The van der Waals surface area contributed by atoms with E-state index < -0.39 is 10.0 Å². The van der Waals surface area contributed by atoms with Gasteiger partial charge in [0, 0.05) is 24.9 Å². The number of fused-ring (bicyclic) bond motifs is 2. The number of amides is 1. The van der Waals surface area contributed by atoms with Crippen LogP contribution in [0, 0.1) is 0 Å². The van der Waals surface area contributed by atoms with Gasteiger partial charge in [-0.2, -0.15) is 0 Å². The molecule has 11 heteroatoms. The van der Waals surface area contributed by atoms with Gasteiger partial charge in [0.15, 0.2) is 18.3 Å². The summed E-state index contributed by atoms with van der Waals surface area (Å²) in [4.78, 5) is 15.1. The fraction of sp³-hybridized carbons (Fsp3) is 0.321. The van der Waals surface area contributed by atoms with E-state index in [0.717, 1.165) is 28.7 Å². The van der Waals surface area contributed by atoms with E-state index in [1.165, 1.54) is 0 Å². The molecule has 0 spiro atoms. The van der Waals surface area contributed by atoms with Crippen LogP contribution in [0.25, 0.3) is 11.1 Å². The third kappa shape index (κ3) is 6.27. The molecule has 39 heavy (non-hydrogen) atoms. The summed E-state index contributed by atoms with van der Waals surface area (Å²) < 4.78 is 53.7. The Morgan fingerprint density at radius 2 is 1.72 bits per heavy atom. The minimum absolute atomic E-state index is 0.0805. The normalized spacial score (nSPS) is 14.6. The van der Waals surface area contributed by atoms with Crippen LogP contribution in [0.15, 0.2) is 54.6 Å². The first kappa shape index (κ1) is 26.8. The maximum Gasteiger partial charge on any atom is 0.258 e. The molecular weight excluding hydrogens is 524 g/mol. The first-order valence-electron chi connectivity index (χ1n) is 12.5. The number of hydrogen-bond donors (Lipinski definition) is 1. The molecule has 3 aromatic carbocycles. The molecule has 2 heterocycles. The van der Waals surface area contributed by atoms with Crippen LogP contribution in [0.4, 0.5) is 11.4 Å². The number of carbonyl (C=O) groups is 1.